The highest BCUT2D eigenvalue weighted by atomic mass is 35.5. The normalized spacial score (nSPS) is 44.1. The Labute approximate surface area is 138 Å². The minimum absolute atomic E-state index is 0.0202. The molecule has 2 aliphatic carbocycles. The van der Waals surface area contributed by atoms with Gasteiger partial charge in [-0.1, -0.05) is 6.42 Å². The molecular weight excluding hydrogens is 305 g/mol. The summed E-state index contributed by atoms with van der Waals surface area (Å²) in [5.74, 6) is 1.50. The van der Waals surface area contributed by atoms with Gasteiger partial charge in [-0.15, -0.1) is 23.2 Å². The van der Waals surface area contributed by atoms with Gasteiger partial charge in [0.25, 0.3) is 0 Å². The van der Waals surface area contributed by atoms with E-state index in [-0.39, 0.29) is 16.7 Å². The maximum atomic E-state index is 12.7. The topological polar surface area (TPSA) is 21.5 Å². The van der Waals surface area contributed by atoms with Gasteiger partial charge in [-0.05, 0) is 51.4 Å². The highest BCUT2D eigenvalue weighted by Gasteiger charge is 2.39. The van der Waals surface area contributed by atoms with Gasteiger partial charge in [-0.2, -0.15) is 0 Å². The smallest absolute Gasteiger partial charge is 0.189 e. The molecule has 1 heterocycles. The standard InChI is InChI=1S/C17H27Cl2NO/c18-14-8-7-13(10-15(14)19)17(21)11-20-9-3-5-12-4-1-2-6-16(12)20/h12-16H,1-11H2/p+1. The minimum Gasteiger partial charge on any atom is -0.326 e. The molecule has 0 aromatic heterocycles. The van der Waals surface area contributed by atoms with Gasteiger partial charge in [0.05, 0.1) is 18.0 Å². The number of fused-ring (bicyclic) bond motifs is 1. The van der Waals surface area contributed by atoms with Crippen LogP contribution in [0.5, 0.6) is 0 Å². The quantitative estimate of drug-likeness (QED) is 0.788. The third-order valence-corrected chi connectivity index (χ3v) is 7.19. The van der Waals surface area contributed by atoms with Crippen molar-refractivity contribution in [2.75, 3.05) is 13.1 Å². The Morgan fingerprint density at radius 2 is 1.71 bits per heavy atom. The predicted molar refractivity (Wildman–Crippen MR) is 87.3 cm³/mol. The van der Waals surface area contributed by atoms with Crippen molar-refractivity contribution in [2.45, 2.75) is 74.6 Å². The van der Waals surface area contributed by atoms with E-state index in [0.717, 1.165) is 37.8 Å². The van der Waals surface area contributed by atoms with Gasteiger partial charge in [0, 0.05) is 17.2 Å². The van der Waals surface area contributed by atoms with Gasteiger partial charge >= 0.3 is 0 Å². The summed E-state index contributed by atoms with van der Waals surface area (Å²) < 4.78 is 0. The number of carbonyl (C=O) groups is 1. The van der Waals surface area contributed by atoms with Crippen molar-refractivity contribution in [3.63, 3.8) is 0 Å². The van der Waals surface area contributed by atoms with Crippen LogP contribution in [0.4, 0.5) is 0 Å². The lowest BCUT2D eigenvalue weighted by Crippen LogP contribution is -3.18. The number of Topliss-reactive ketones (excluding diaryl/α,β-unsaturated/α-hetero) is 1. The van der Waals surface area contributed by atoms with Crippen LogP contribution in [0.3, 0.4) is 0 Å². The molecule has 6 unspecified atom stereocenters. The molecule has 1 aliphatic heterocycles. The number of ketones is 1. The van der Waals surface area contributed by atoms with Crippen molar-refractivity contribution in [3.05, 3.63) is 0 Å². The zero-order chi connectivity index (χ0) is 14.8. The second-order valence-electron chi connectivity index (χ2n) is 7.39. The van der Waals surface area contributed by atoms with Crippen molar-refractivity contribution in [2.24, 2.45) is 11.8 Å². The fourth-order valence-corrected chi connectivity index (χ4v) is 5.40. The summed E-state index contributed by atoms with van der Waals surface area (Å²) in [4.78, 5) is 14.2. The number of nitrogens with one attached hydrogen (secondary N) is 1. The summed E-state index contributed by atoms with van der Waals surface area (Å²) in [7, 11) is 0. The Balaban J connectivity index is 1.56. The van der Waals surface area contributed by atoms with Crippen molar-refractivity contribution >= 4 is 29.0 Å². The molecule has 4 heteroatoms. The van der Waals surface area contributed by atoms with E-state index >= 15 is 0 Å². The number of halogens is 2. The molecule has 1 saturated heterocycles. The second-order valence-corrected chi connectivity index (χ2v) is 8.51. The van der Waals surface area contributed by atoms with E-state index in [2.05, 4.69) is 0 Å². The zero-order valence-corrected chi connectivity index (χ0v) is 14.3. The predicted octanol–water partition coefficient (Wildman–Crippen LogP) is 2.81. The number of rotatable bonds is 3. The van der Waals surface area contributed by atoms with Crippen LogP contribution in [0.2, 0.25) is 0 Å². The Hall–Kier alpha value is 0.210. The van der Waals surface area contributed by atoms with Crippen LogP contribution in [0.25, 0.3) is 0 Å². The lowest BCUT2D eigenvalue weighted by atomic mass is 9.78. The Bertz CT molecular complexity index is 374. The molecule has 0 bridgehead atoms. The second kappa shape index (κ2) is 7.19. The summed E-state index contributed by atoms with van der Waals surface area (Å²) in [5.41, 5.74) is 0. The average Bonchev–Trinajstić information content (AvgIpc) is 2.50. The number of carbonyl (C=O) groups excluding carboxylic acids is 1. The van der Waals surface area contributed by atoms with Crippen LogP contribution in [-0.4, -0.2) is 35.7 Å². The molecule has 3 rings (SSSR count). The SMILES string of the molecule is O=C(C[NH+]1CCCC2CCCCC21)C1CCC(Cl)C(Cl)C1. The largest absolute Gasteiger partial charge is 0.326 e. The van der Waals surface area contributed by atoms with Gasteiger partial charge in [0.1, 0.15) is 6.54 Å². The molecule has 6 atom stereocenters. The number of alkyl halides is 2. The molecule has 2 nitrogen and oxygen atoms in total. The van der Waals surface area contributed by atoms with E-state index < -0.39 is 0 Å². The summed E-state index contributed by atoms with van der Waals surface area (Å²) in [5, 5.41) is 0.0360. The Morgan fingerprint density at radius 1 is 0.952 bits per heavy atom. The van der Waals surface area contributed by atoms with Crippen LogP contribution >= 0.6 is 23.2 Å². The van der Waals surface area contributed by atoms with Gasteiger partial charge in [-0.25, -0.2) is 0 Å². The molecule has 21 heavy (non-hydrogen) atoms. The maximum absolute atomic E-state index is 12.7. The van der Waals surface area contributed by atoms with E-state index in [4.69, 9.17) is 23.2 Å². The number of piperidine rings is 1. The number of hydrogen-bond acceptors (Lipinski definition) is 1. The first-order valence-corrected chi connectivity index (χ1v) is 9.68. The van der Waals surface area contributed by atoms with Gasteiger partial charge in [0.15, 0.2) is 5.78 Å². The maximum Gasteiger partial charge on any atom is 0.189 e. The Morgan fingerprint density at radius 3 is 2.52 bits per heavy atom. The molecule has 3 aliphatic rings. The van der Waals surface area contributed by atoms with E-state index in [9.17, 15) is 4.79 Å². The zero-order valence-electron chi connectivity index (χ0n) is 12.8. The molecule has 0 radical (unpaired) electrons. The lowest BCUT2D eigenvalue weighted by Gasteiger charge is -2.41. The lowest BCUT2D eigenvalue weighted by molar-refractivity contribution is -0.928. The third kappa shape index (κ3) is 3.76. The van der Waals surface area contributed by atoms with Crippen molar-refractivity contribution in [3.8, 4) is 0 Å². The van der Waals surface area contributed by atoms with Crippen LogP contribution < -0.4 is 4.90 Å². The Kier molecular flexibility index (Phi) is 5.50. The van der Waals surface area contributed by atoms with Gasteiger partial charge in [-0.3, -0.25) is 4.79 Å². The summed E-state index contributed by atoms with van der Waals surface area (Å²) >= 11 is 12.4. The first-order valence-electron chi connectivity index (χ1n) is 8.80. The molecule has 120 valence electrons. The molecule has 2 saturated carbocycles. The van der Waals surface area contributed by atoms with E-state index in [0.29, 0.717) is 5.78 Å². The molecule has 0 aromatic carbocycles. The summed E-state index contributed by atoms with van der Waals surface area (Å²) in [6, 6.07) is 0.757. The van der Waals surface area contributed by atoms with Crippen molar-refractivity contribution in [1.82, 2.24) is 0 Å². The fraction of sp³-hybridized carbons (Fsp3) is 0.941. The van der Waals surface area contributed by atoms with Crippen LogP contribution in [0, 0.1) is 11.8 Å². The first kappa shape index (κ1) is 16.1. The third-order valence-electron chi connectivity index (χ3n) is 6.06. The number of likely N-dealkylation sites (tertiary alicyclic amines) is 1. The average molecular weight is 333 g/mol. The van der Waals surface area contributed by atoms with Crippen LogP contribution in [0.1, 0.15) is 57.8 Å². The fourth-order valence-electron chi connectivity index (χ4n) is 4.83. The summed E-state index contributed by atoms with van der Waals surface area (Å²) in [6.07, 6.45) is 10.8. The molecule has 0 aromatic rings. The summed E-state index contributed by atoms with van der Waals surface area (Å²) in [6.45, 7) is 1.93. The van der Waals surface area contributed by atoms with E-state index in [1.54, 1.807) is 4.90 Å². The van der Waals surface area contributed by atoms with Crippen molar-refractivity contribution < 1.29 is 9.69 Å². The minimum atomic E-state index is -0.0202. The van der Waals surface area contributed by atoms with E-state index in [1.165, 1.54) is 45.1 Å². The van der Waals surface area contributed by atoms with Crippen molar-refractivity contribution in [1.29, 1.82) is 0 Å². The molecular formula is C17H28Cl2NO+. The van der Waals surface area contributed by atoms with Gasteiger partial charge < -0.3 is 4.90 Å². The van der Waals surface area contributed by atoms with E-state index in [1.807, 2.05) is 0 Å². The molecule has 3 fully saturated rings. The van der Waals surface area contributed by atoms with Crippen LogP contribution in [-0.2, 0) is 4.79 Å². The molecule has 0 spiro atoms. The highest BCUT2D eigenvalue weighted by molar-refractivity contribution is 6.30. The first-order chi connectivity index (χ1) is 10.1. The van der Waals surface area contributed by atoms with Crippen LogP contribution in [0.15, 0.2) is 0 Å². The number of hydrogen-bond donors (Lipinski definition) is 1. The number of quaternary nitrogens is 1. The monoisotopic (exact) mass is 332 g/mol. The highest BCUT2D eigenvalue weighted by Crippen LogP contribution is 2.32. The molecule has 1 N–H and O–H groups in total. The van der Waals surface area contributed by atoms with Gasteiger partial charge in [0.2, 0.25) is 0 Å². The molecule has 0 amide bonds.